The van der Waals surface area contributed by atoms with Crippen LogP contribution in [0.2, 0.25) is 0 Å². The van der Waals surface area contributed by atoms with E-state index in [9.17, 15) is 9.59 Å². The van der Waals surface area contributed by atoms with Gasteiger partial charge in [0.1, 0.15) is 0 Å². The van der Waals surface area contributed by atoms with Crippen molar-refractivity contribution in [3.8, 4) is 0 Å². The van der Waals surface area contributed by atoms with Gasteiger partial charge in [-0.2, -0.15) is 0 Å². The quantitative estimate of drug-likeness (QED) is 0.738. The second-order valence-electron chi connectivity index (χ2n) is 5.42. The molecule has 3 unspecified atom stereocenters. The van der Waals surface area contributed by atoms with Crippen molar-refractivity contribution in [3.63, 3.8) is 0 Å². The maximum absolute atomic E-state index is 12.0. The molecule has 1 aliphatic heterocycles. The third-order valence-electron chi connectivity index (χ3n) is 4.18. The number of carbonyl (C=O) groups is 2. The topological polar surface area (TPSA) is 49.4 Å². The number of piperidine rings is 1. The van der Waals surface area contributed by atoms with Crippen molar-refractivity contribution in [1.29, 1.82) is 0 Å². The van der Waals surface area contributed by atoms with Gasteiger partial charge in [0.15, 0.2) is 0 Å². The molecule has 1 heterocycles. The smallest absolute Gasteiger partial charge is 0.246 e. The first-order valence-corrected chi connectivity index (χ1v) is 6.66. The SMILES string of the molecule is CC1CCCCC1NC1CCC(=O)N(C)C1=O. The maximum Gasteiger partial charge on any atom is 0.246 e. The monoisotopic (exact) mass is 238 g/mol. The first kappa shape index (κ1) is 12.6. The summed E-state index contributed by atoms with van der Waals surface area (Å²) < 4.78 is 0. The standard InChI is InChI=1S/C13H22N2O2/c1-9-5-3-4-6-10(9)14-11-7-8-12(16)15(2)13(11)17/h9-11,14H,3-8H2,1-2H3. The van der Waals surface area contributed by atoms with Gasteiger partial charge in [-0.15, -0.1) is 0 Å². The number of nitrogens with one attached hydrogen (secondary N) is 1. The number of likely N-dealkylation sites (N-methyl/N-ethyl adjacent to an activating group) is 1. The molecule has 17 heavy (non-hydrogen) atoms. The summed E-state index contributed by atoms with van der Waals surface area (Å²) in [6.07, 6.45) is 6.09. The lowest BCUT2D eigenvalue weighted by molar-refractivity contribution is -0.148. The predicted molar refractivity (Wildman–Crippen MR) is 65.4 cm³/mol. The molecule has 96 valence electrons. The normalized spacial score (nSPS) is 35.2. The van der Waals surface area contributed by atoms with Crippen LogP contribution in [0, 0.1) is 5.92 Å². The van der Waals surface area contributed by atoms with Crippen LogP contribution in [0.15, 0.2) is 0 Å². The Kier molecular flexibility index (Phi) is 3.82. The van der Waals surface area contributed by atoms with E-state index in [1.165, 1.54) is 24.2 Å². The van der Waals surface area contributed by atoms with E-state index in [4.69, 9.17) is 0 Å². The van der Waals surface area contributed by atoms with E-state index in [1.807, 2.05) is 0 Å². The van der Waals surface area contributed by atoms with E-state index in [1.54, 1.807) is 7.05 Å². The van der Waals surface area contributed by atoms with Crippen molar-refractivity contribution in [1.82, 2.24) is 10.2 Å². The highest BCUT2D eigenvalue weighted by molar-refractivity contribution is 6.00. The summed E-state index contributed by atoms with van der Waals surface area (Å²) in [5, 5.41) is 3.46. The van der Waals surface area contributed by atoms with Crippen LogP contribution in [0.4, 0.5) is 0 Å². The molecule has 4 heteroatoms. The van der Waals surface area contributed by atoms with Gasteiger partial charge in [0.2, 0.25) is 11.8 Å². The zero-order chi connectivity index (χ0) is 12.4. The molecule has 1 N–H and O–H groups in total. The van der Waals surface area contributed by atoms with Gasteiger partial charge < -0.3 is 5.32 Å². The average molecular weight is 238 g/mol. The number of carbonyl (C=O) groups excluding carboxylic acids is 2. The van der Waals surface area contributed by atoms with Crippen molar-refractivity contribution in [2.75, 3.05) is 7.05 Å². The Bertz CT molecular complexity index is 317. The Hall–Kier alpha value is -0.900. The molecule has 0 aromatic heterocycles. The van der Waals surface area contributed by atoms with Gasteiger partial charge in [0.25, 0.3) is 0 Å². The minimum atomic E-state index is -0.150. The molecule has 0 aromatic rings. The van der Waals surface area contributed by atoms with Crippen LogP contribution in [-0.2, 0) is 9.59 Å². The van der Waals surface area contributed by atoms with Gasteiger partial charge in [0.05, 0.1) is 6.04 Å². The molecular formula is C13H22N2O2. The summed E-state index contributed by atoms with van der Waals surface area (Å²) in [5.41, 5.74) is 0. The molecule has 0 bridgehead atoms. The van der Waals surface area contributed by atoms with Crippen LogP contribution in [0.25, 0.3) is 0 Å². The van der Waals surface area contributed by atoms with Gasteiger partial charge in [-0.05, 0) is 25.2 Å². The first-order chi connectivity index (χ1) is 8.09. The Labute approximate surface area is 103 Å². The molecule has 4 nitrogen and oxygen atoms in total. The van der Waals surface area contributed by atoms with Crippen LogP contribution in [0.1, 0.15) is 45.4 Å². The number of hydrogen-bond acceptors (Lipinski definition) is 3. The van der Waals surface area contributed by atoms with Crippen molar-refractivity contribution >= 4 is 11.8 Å². The fourth-order valence-electron chi connectivity index (χ4n) is 2.89. The molecule has 2 aliphatic rings. The Balaban J connectivity index is 1.94. The van der Waals surface area contributed by atoms with Crippen molar-refractivity contribution in [2.24, 2.45) is 5.92 Å². The highest BCUT2D eigenvalue weighted by atomic mass is 16.2. The fourth-order valence-corrected chi connectivity index (χ4v) is 2.89. The van der Waals surface area contributed by atoms with Gasteiger partial charge in [-0.1, -0.05) is 19.8 Å². The fraction of sp³-hybridized carbons (Fsp3) is 0.846. The number of likely N-dealkylation sites (tertiary alicyclic amines) is 1. The first-order valence-electron chi connectivity index (χ1n) is 6.66. The second-order valence-corrected chi connectivity index (χ2v) is 5.42. The van der Waals surface area contributed by atoms with Gasteiger partial charge in [-0.3, -0.25) is 14.5 Å². The predicted octanol–water partition coefficient (Wildman–Crippen LogP) is 1.30. The molecule has 3 atom stereocenters. The molecule has 2 rings (SSSR count). The summed E-state index contributed by atoms with van der Waals surface area (Å²) in [6.45, 7) is 2.25. The molecule has 2 fully saturated rings. The van der Waals surface area contributed by atoms with Gasteiger partial charge in [-0.25, -0.2) is 0 Å². The summed E-state index contributed by atoms with van der Waals surface area (Å²) >= 11 is 0. The minimum absolute atomic E-state index is 0.0512. The average Bonchev–Trinajstić information content (AvgIpc) is 2.32. The molecule has 0 spiro atoms. The van der Waals surface area contributed by atoms with Crippen LogP contribution in [0.3, 0.4) is 0 Å². The van der Waals surface area contributed by atoms with E-state index in [0.717, 1.165) is 6.42 Å². The summed E-state index contributed by atoms with van der Waals surface area (Å²) in [7, 11) is 1.59. The van der Waals surface area contributed by atoms with Gasteiger partial charge in [0, 0.05) is 19.5 Å². The molecule has 2 amide bonds. The maximum atomic E-state index is 12.0. The summed E-state index contributed by atoms with van der Waals surface area (Å²) in [6, 6.07) is 0.294. The number of hydrogen-bond donors (Lipinski definition) is 1. The second kappa shape index (κ2) is 5.17. The number of amides is 2. The van der Waals surface area contributed by atoms with Crippen LogP contribution in [0.5, 0.6) is 0 Å². The minimum Gasteiger partial charge on any atom is -0.303 e. The highest BCUT2D eigenvalue weighted by Crippen LogP contribution is 2.25. The lowest BCUT2D eigenvalue weighted by Gasteiger charge is -2.35. The summed E-state index contributed by atoms with van der Waals surface area (Å²) in [4.78, 5) is 24.6. The Morgan fingerprint density at radius 3 is 2.59 bits per heavy atom. The lowest BCUT2D eigenvalue weighted by Crippen LogP contribution is -2.55. The molecule has 0 radical (unpaired) electrons. The molecule has 1 aliphatic carbocycles. The van der Waals surface area contributed by atoms with Crippen molar-refractivity contribution in [3.05, 3.63) is 0 Å². The van der Waals surface area contributed by atoms with Gasteiger partial charge >= 0.3 is 0 Å². The largest absolute Gasteiger partial charge is 0.303 e. The number of nitrogens with zero attached hydrogens (tertiary/aromatic N) is 1. The molecule has 1 saturated heterocycles. The van der Waals surface area contributed by atoms with Crippen molar-refractivity contribution in [2.45, 2.75) is 57.5 Å². The number of rotatable bonds is 2. The highest BCUT2D eigenvalue weighted by Gasteiger charge is 2.34. The summed E-state index contributed by atoms with van der Waals surface area (Å²) in [5.74, 6) is 0.531. The zero-order valence-corrected chi connectivity index (χ0v) is 10.7. The number of imide groups is 1. The third kappa shape index (κ3) is 2.68. The van der Waals surface area contributed by atoms with Crippen LogP contribution >= 0.6 is 0 Å². The van der Waals surface area contributed by atoms with E-state index in [0.29, 0.717) is 24.8 Å². The molecule has 0 aromatic carbocycles. The van der Waals surface area contributed by atoms with E-state index in [2.05, 4.69) is 12.2 Å². The third-order valence-corrected chi connectivity index (χ3v) is 4.18. The zero-order valence-electron chi connectivity index (χ0n) is 10.7. The Morgan fingerprint density at radius 2 is 1.88 bits per heavy atom. The Morgan fingerprint density at radius 1 is 1.18 bits per heavy atom. The van der Waals surface area contributed by atoms with E-state index >= 15 is 0 Å². The van der Waals surface area contributed by atoms with E-state index in [-0.39, 0.29) is 17.9 Å². The van der Waals surface area contributed by atoms with Crippen LogP contribution in [-0.4, -0.2) is 35.8 Å². The van der Waals surface area contributed by atoms with Crippen molar-refractivity contribution < 1.29 is 9.59 Å². The molecule has 1 saturated carbocycles. The molecular weight excluding hydrogens is 216 g/mol. The van der Waals surface area contributed by atoms with E-state index < -0.39 is 0 Å². The van der Waals surface area contributed by atoms with Crippen LogP contribution < -0.4 is 5.32 Å². The lowest BCUT2D eigenvalue weighted by atomic mass is 9.85.